The van der Waals surface area contributed by atoms with Gasteiger partial charge in [0.2, 0.25) is 5.91 Å². The first kappa shape index (κ1) is 30.8. The molecule has 224 valence electrons. The number of aliphatic hydroxyl groups is 1. The van der Waals surface area contributed by atoms with Crippen LogP contribution in [-0.4, -0.2) is 84.4 Å². The highest BCUT2D eigenvalue weighted by Gasteiger charge is 2.78. The molecule has 2 unspecified atom stereocenters. The number of benzene rings is 1. The minimum absolute atomic E-state index is 0.0448. The van der Waals surface area contributed by atoms with E-state index < -0.39 is 35.0 Å². The van der Waals surface area contributed by atoms with Gasteiger partial charge in [-0.2, -0.15) is 0 Å². The third kappa shape index (κ3) is 5.42. The number of likely N-dealkylation sites (tertiary alicyclic amines) is 1. The lowest BCUT2D eigenvalue weighted by atomic mass is 9.66. The van der Waals surface area contributed by atoms with Gasteiger partial charge in [-0.3, -0.25) is 14.4 Å². The summed E-state index contributed by atoms with van der Waals surface area (Å²) >= 11 is 0. The molecule has 0 saturated carbocycles. The Bertz CT molecular complexity index is 1130. The van der Waals surface area contributed by atoms with Crippen LogP contribution in [0.15, 0.2) is 49.6 Å². The number of unbranched alkanes of at least 4 members (excludes halogenated alkanes) is 2. The molecule has 0 radical (unpaired) electrons. The third-order valence-corrected chi connectivity index (χ3v) is 9.03. The number of esters is 1. The predicted octanol–water partition coefficient (Wildman–Crippen LogP) is 3.71. The molecular formula is C32H45N3O6. The minimum atomic E-state index is -1.13. The quantitative estimate of drug-likeness (QED) is 0.196. The van der Waals surface area contributed by atoms with Gasteiger partial charge in [-0.25, -0.2) is 0 Å². The third-order valence-electron chi connectivity index (χ3n) is 9.03. The summed E-state index contributed by atoms with van der Waals surface area (Å²) in [6.45, 7) is 16.0. The molecule has 1 aromatic rings. The molecule has 2 amide bonds. The van der Waals surface area contributed by atoms with Crippen LogP contribution in [0.2, 0.25) is 0 Å². The maximum atomic E-state index is 14.6. The Balaban J connectivity index is 1.72. The molecule has 0 aliphatic carbocycles. The molecule has 41 heavy (non-hydrogen) atoms. The minimum Gasteiger partial charge on any atom is -0.461 e. The second kappa shape index (κ2) is 12.8. The molecule has 2 bridgehead atoms. The number of hydrogen-bond acceptors (Lipinski definition) is 7. The first-order valence-corrected chi connectivity index (χ1v) is 14.9. The van der Waals surface area contributed by atoms with Gasteiger partial charge in [-0.05, 0) is 77.1 Å². The van der Waals surface area contributed by atoms with E-state index in [0.717, 1.165) is 18.8 Å². The molecule has 9 nitrogen and oxygen atoms in total. The molecule has 5 atom stereocenters. The summed E-state index contributed by atoms with van der Waals surface area (Å²) in [5, 5.41) is 9.27. The predicted molar refractivity (Wildman–Crippen MR) is 159 cm³/mol. The van der Waals surface area contributed by atoms with Crippen molar-refractivity contribution in [1.82, 2.24) is 4.90 Å². The fourth-order valence-electron chi connectivity index (χ4n) is 7.14. The van der Waals surface area contributed by atoms with Crippen molar-refractivity contribution in [3.63, 3.8) is 0 Å². The van der Waals surface area contributed by atoms with E-state index in [1.54, 1.807) is 15.9 Å². The standard InChI is InChI=1S/C32H45N3O6/c1-6-19-34(24-15-13-23(14-16-24)33(8-3)9-4)29(38)27-32-18-17-31(5,41-32)26(30(39)40-22-7-2)25(32)28(37)35(27)20-11-10-12-21-36/h6-7,13-16,25-27,36H,1-2,8-12,17-22H2,3-5H3/t25-,26-,27?,31+,32?/m0/s1. The molecule has 0 aromatic heterocycles. The van der Waals surface area contributed by atoms with E-state index in [0.29, 0.717) is 44.3 Å². The zero-order valence-electron chi connectivity index (χ0n) is 24.7. The number of amides is 2. The van der Waals surface area contributed by atoms with Gasteiger partial charge in [-0.15, -0.1) is 6.58 Å². The number of fused-ring (bicyclic) bond motifs is 1. The monoisotopic (exact) mass is 567 g/mol. The van der Waals surface area contributed by atoms with Gasteiger partial charge in [0.1, 0.15) is 24.2 Å². The number of rotatable bonds is 15. The van der Waals surface area contributed by atoms with E-state index in [9.17, 15) is 19.5 Å². The average molecular weight is 568 g/mol. The Morgan fingerprint density at radius 3 is 2.39 bits per heavy atom. The summed E-state index contributed by atoms with van der Waals surface area (Å²) in [7, 11) is 0. The van der Waals surface area contributed by atoms with Crippen LogP contribution in [0.1, 0.15) is 52.9 Å². The number of nitrogens with zero attached hydrogens (tertiary/aromatic N) is 3. The Morgan fingerprint density at radius 1 is 1.10 bits per heavy atom. The molecule has 9 heteroatoms. The summed E-state index contributed by atoms with van der Waals surface area (Å²) in [5.41, 5.74) is -0.247. The number of carbonyl (C=O) groups is 3. The Kier molecular flexibility index (Phi) is 9.59. The van der Waals surface area contributed by atoms with Crippen molar-refractivity contribution in [2.45, 2.75) is 70.1 Å². The number of ether oxygens (including phenoxy) is 2. The van der Waals surface area contributed by atoms with Crippen LogP contribution in [-0.2, 0) is 23.9 Å². The van der Waals surface area contributed by atoms with Gasteiger partial charge >= 0.3 is 5.97 Å². The fraction of sp³-hybridized carbons (Fsp3) is 0.594. The van der Waals surface area contributed by atoms with Crippen molar-refractivity contribution in [2.24, 2.45) is 11.8 Å². The Hall–Kier alpha value is -3.17. The highest BCUT2D eigenvalue weighted by molar-refractivity contribution is 6.05. The van der Waals surface area contributed by atoms with E-state index in [4.69, 9.17) is 9.47 Å². The lowest BCUT2D eigenvalue weighted by molar-refractivity contribution is -0.158. The second-order valence-electron chi connectivity index (χ2n) is 11.4. The number of hydrogen-bond donors (Lipinski definition) is 1. The summed E-state index contributed by atoms with van der Waals surface area (Å²) in [4.78, 5) is 47.6. The first-order valence-electron chi connectivity index (χ1n) is 14.9. The number of anilines is 2. The molecule has 4 rings (SSSR count). The molecule has 3 saturated heterocycles. The maximum absolute atomic E-state index is 14.6. The summed E-state index contributed by atoms with van der Waals surface area (Å²) in [5.74, 6) is -2.59. The first-order chi connectivity index (χ1) is 19.7. The van der Waals surface area contributed by atoms with E-state index in [2.05, 4.69) is 31.9 Å². The summed E-state index contributed by atoms with van der Waals surface area (Å²) in [6.07, 6.45) is 6.18. The van der Waals surface area contributed by atoms with Crippen LogP contribution in [0.25, 0.3) is 0 Å². The zero-order valence-corrected chi connectivity index (χ0v) is 24.7. The van der Waals surface area contributed by atoms with Gasteiger partial charge in [0.15, 0.2) is 0 Å². The average Bonchev–Trinajstić information content (AvgIpc) is 3.54. The largest absolute Gasteiger partial charge is 0.461 e. The highest BCUT2D eigenvalue weighted by atomic mass is 16.6. The van der Waals surface area contributed by atoms with Crippen molar-refractivity contribution in [1.29, 1.82) is 0 Å². The van der Waals surface area contributed by atoms with E-state index in [1.807, 2.05) is 31.2 Å². The smallest absolute Gasteiger partial charge is 0.313 e. The Labute approximate surface area is 243 Å². The van der Waals surface area contributed by atoms with E-state index in [-0.39, 0.29) is 31.6 Å². The van der Waals surface area contributed by atoms with Crippen molar-refractivity contribution in [3.8, 4) is 0 Å². The van der Waals surface area contributed by atoms with Crippen molar-refractivity contribution in [2.75, 3.05) is 49.2 Å². The van der Waals surface area contributed by atoms with Crippen LogP contribution in [0.4, 0.5) is 11.4 Å². The normalized spacial score (nSPS) is 28.0. The van der Waals surface area contributed by atoms with Crippen molar-refractivity contribution in [3.05, 3.63) is 49.6 Å². The molecule has 1 aromatic carbocycles. The molecule has 3 fully saturated rings. The second-order valence-corrected chi connectivity index (χ2v) is 11.4. The van der Waals surface area contributed by atoms with Crippen LogP contribution >= 0.6 is 0 Å². The number of carbonyl (C=O) groups excluding carboxylic acids is 3. The van der Waals surface area contributed by atoms with Gasteiger partial charge < -0.3 is 29.3 Å². The van der Waals surface area contributed by atoms with E-state index >= 15 is 0 Å². The Morgan fingerprint density at radius 2 is 1.78 bits per heavy atom. The van der Waals surface area contributed by atoms with Gasteiger partial charge in [0.05, 0.1) is 11.5 Å². The van der Waals surface area contributed by atoms with Gasteiger partial charge in [0, 0.05) is 44.2 Å². The highest BCUT2D eigenvalue weighted by Crippen LogP contribution is 2.63. The lowest BCUT2D eigenvalue weighted by Crippen LogP contribution is -2.56. The van der Waals surface area contributed by atoms with Crippen LogP contribution in [0.5, 0.6) is 0 Å². The van der Waals surface area contributed by atoms with Gasteiger partial charge in [0.25, 0.3) is 5.91 Å². The topological polar surface area (TPSA) is 99.6 Å². The van der Waals surface area contributed by atoms with Crippen molar-refractivity contribution >= 4 is 29.2 Å². The van der Waals surface area contributed by atoms with Crippen LogP contribution in [0, 0.1) is 11.8 Å². The number of aliphatic hydroxyl groups excluding tert-OH is 1. The molecular weight excluding hydrogens is 522 g/mol. The van der Waals surface area contributed by atoms with Crippen LogP contribution < -0.4 is 9.80 Å². The lowest BCUT2D eigenvalue weighted by Gasteiger charge is -2.37. The van der Waals surface area contributed by atoms with Crippen molar-refractivity contribution < 1.29 is 29.0 Å². The van der Waals surface area contributed by atoms with Gasteiger partial charge in [-0.1, -0.05) is 18.7 Å². The molecule has 3 aliphatic heterocycles. The molecule has 3 aliphatic rings. The molecule has 1 N–H and O–H groups in total. The zero-order chi connectivity index (χ0) is 29.8. The summed E-state index contributed by atoms with van der Waals surface area (Å²) < 4.78 is 12.1. The molecule has 3 heterocycles. The van der Waals surface area contributed by atoms with Crippen LogP contribution in [0.3, 0.4) is 0 Å². The molecule has 1 spiro atoms. The maximum Gasteiger partial charge on any atom is 0.313 e. The SMILES string of the molecule is C=CCOC(=O)[C@@H]1[C@H]2C(=O)N(CCCCCO)C(C(=O)N(CC=C)c3ccc(N(CC)CC)cc3)C23CC[C@@]1(C)O3. The summed E-state index contributed by atoms with van der Waals surface area (Å²) in [6, 6.07) is 6.97. The fourth-order valence-corrected chi connectivity index (χ4v) is 7.14. The van der Waals surface area contributed by atoms with E-state index in [1.165, 1.54) is 6.08 Å².